The molecular formula is C18H19ClN2O4. The van der Waals surface area contributed by atoms with Gasteiger partial charge in [0.2, 0.25) is 0 Å². The Hall–Kier alpha value is -2.60. The topological polar surface area (TPSA) is 77.4 Å². The van der Waals surface area contributed by atoms with E-state index in [0.29, 0.717) is 23.6 Å². The summed E-state index contributed by atoms with van der Waals surface area (Å²) in [6, 6.07) is 8.79. The van der Waals surface area contributed by atoms with Gasteiger partial charge in [-0.2, -0.15) is 0 Å². The predicted molar refractivity (Wildman–Crippen MR) is 93.9 cm³/mol. The summed E-state index contributed by atoms with van der Waals surface area (Å²) in [5, 5.41) is 3.34. The summed E-state index contributed by atoms with van der Waals surface area (Å²) in [6.45, 7) is 1.47. The van der Waals surface area contributed by atoms with Crippen LogP contribution in [-0.2, 0) is 23.0 Å². The van der Waals surface area contributed by atoms with Gasteiger partial charge >= 0.3 is 5.97 Å². The van der Waals surface area contributed by atoms with Crippen LogP contribution >= 0.6 is 11.6 Å². The third kappa shape index (κ3) is 5.46. The summed E-state index contributed by atoms with van der Waals surface area (Å²) in [7, 11) is 1.63. The van der Waals surface area contributed by atoms with Crippen LogP contribution < -0.4 is 5.32 Å². The van der Waals surface area contributed by atoms with Crippen molar-refractivity contribution >= 4 is 29.3 Å². The highest BCUT2D eigenvalue weighted by Crippen LogP contribution is 2.10. The Balaban J connectivity index is 1.76. The molecule has 2 rings (SSSR count). The molecule has 0 saturated carbocycles. The lowest BCUT2D eigenvalue weighted by Crippen LogP contribution is -2.30. The number of hydrogen-bond donors (Lipinski definition) is 1. The first-order valence-corrected chi connectivity index (χ1v) is 8.10. The van der Waals surface area contributed by atoms with E-state index in [1.165, 1.54) is 17.6 Å². The number of ether oxygens (including phenoxy) is 1. The van der Waals surface area contributed by atoms with Crippen molar-refractivity contribution < 1.29 is 19.1 Å². The third-order valence-corrected chi connectivity index (χ3v) is 3.86. The number of rotatable bonds is 7. The fourth-order valence-corrected chi connectivity index (χ4v) is 2.34. The van der Waals surface area contributed by atoms with E-state index >= 15 is 0 Å². The Kier molecular flexibility index (Phi) is 6.36. The monoisotopic (exact) mass is 362 g/mol. The number of benzene rings is 1. The number of aryl methyl sites for hydroxylation is 1. The zero-order valence-corrected chi connectivity index (χ0v) is 14.8. The number of carbonyl (C=O) groups excluding carboxylic acids is 3. The van der Waals surface area contributed by atoms with Crippen molar-refractivity contribution in [3.05, 3.63) is 58.4 Å². The molecule has 0 aliphatic heterocycles. The molecule has 1 heterocycles. The van der Waals surface area contributed by atoms with Gasteiger partial charge in [-0.3, -0.25) is 9.59 Å². The molecule has 0 unspecified atom stereocenters. The number of aromatic nitrogens is 1. The number of nitrogens with zero attached hydrogens (tertiary/aromatic N) is 1. The Morgan fingerprint density at radius 3 is 2.48 bits per heavy atom. The van der Waals surface area contributed by atoms with E-state index in [-0.39, 0.29) is 24.0 Å². The van der Waals surface area contributed by atoms with Gasteiger partial charge in [-0.05, 0) is 37.1 Å². The SMILES string of the molecule is CC(=O)c1cc(C(=O)OCC(=O)NCCc2ccc(Cl)cc2)n(C)c1. The molecule has 0 fully saturated rings. The first-order chi connectivity index (χ1) is 11.9. The lowest BCUT2D eigenvalue weighted by Gasteiger charge is -2.07. The number of Topliss-reactive ketones (excluding diaryl/α,β-unsaturated/α-hetero) is 1. The average Bonchev–Trinajstić information content (AvgIpc) is 2.97. The summed E-state index contributed by atoms with van der Waals surface area (Å²) < 4.78 is 6.48. The highest BCUT2D eigenvalue weighted by Gasteiger charge is 2.16. The standard InChI is InChI=1S/C18H19ClN2O4/c1-12(22)14-9-16(21(2)10-14)18(24)25-11-17(23)20-8-7-13-3-5-15(19)6-4-13/h3-6,9-10H,7-8,11H2,1-2H3,(H,20,23). The molecule has 1 aromatic carbocycles. The average molecular weight is 363 g/mol. The van der Waals surface area contributed by atoms with Crippen molar-refractivity contribution in [2.75, 3.05) is 13.2 Å². The first kappa shape index (κ1) is 18.7. The number of hydrogen-bond acceptors (Lipinski definition) is 4. The molecular weight excluding hydrogens is 344 g/mol. The van der Waals surface area contributed by atoms with Crippen LogP contribution in [0.5, 0.6) is 0 Å². The Morgan fingerprint density at radius 2 is 1.88 bits per heavy atom. The molecule has 0 aliphatic rings. The normalized spacial score (nSPS) is 10.4. The van der Waals surface area contributed by atoms with Gasteiger partial charge in [0.1, 0.15) is 5.69 Å². The maximum atomic E-state index is 12.0. The number of nitrogens with one attached hydrogen (secondary N) is 1. The zero-order chi connectivity index (χ0) is 18.4. The molecule has 0 aliphatic carbocycles. The molecule has 0 atom stereocenters. The van der Waals surface area contributed by atoms with Crippen molar-refractivity contribution in [3.8, 4) is 0 Å². The lowest BCUT2D eigenvalue weighted by molar-refractivity contribution is -0.124. The molecule has 1 amide bonds. The second-order valence-electron chi connectivity index (χ2n) is 5.58. The molecule has 132 valence electrons. The molecule has 0 spiro atoms. The second kappa shape index (κ2) is 8.48. The van der Waals surface area contributed by atoms with Gasteiger partial charge in [0, 0.05) is 30.4 Å². The van der Waals surface area contributed by atoms with Crippen molar-refractivity contribution in [3.63, 3.8) is 0 Å². The summed E-state index contributed by atoms with van der Waals surface area (Å²) in [4.78, 5) is 35.1. The van der Waals surface area contributed by atoms with Gasteiger partial charge in [-0.1, -0.05) is 23.7 Å². The molecule has 25 heavy (non-hydrogen) atoms. The summed E-state index contributed by atoms with van der Waals surface area (Å²) in [5.41, 5.74) is 1.68. The molecule has 0 bridgehead atoms. The minimum Gasteiger partial charge on any atom is -0.451 e. The van der Waals surface area contributed by atoms with E-state index in [2.05, 4.69) is 5.32 Å². The van der Waals surface area contributed by atoms with Crippen LogP contribution in [0.3, 0.4) is 0 Å². The molecule has 0 saturated heterocycles. The molecule has 0 radical (unpaired) electrons. The number of esters is 1. The van der Waals surface area contributed by atoms with Crippen LogP contribution in [0.25, 0.3) is 0 Å². The van der Waals surface area contributed by atoms with E-state index in [0.717, 1.165) is 5.56 Å². The van der Waals surface area contributed by atoms with Crippen LogP contribution in [0.1, 0.15) is 33.3 Å². The zero-order valence-electron chi connectivity index (χ0n) is 14.0. The van der Waals surface area contributed by atoms with Gasteiger partial charge in [0.25, 0.3) is 5.91 Å². The predicted octanol–water partition coefficient (Wildman–Crippen LogP) is 2.40. The lowest BCUT2D eigenvalue weighted by atomic mass is 10.1. The van der Waals surface area contributed by atoms with Crippen LogP contribution in [-0.4, -0.2) is 35.4 Å². The molecule has 1 N–H and O–H groups in total. The van der Waals surface area contributed by atoms with E-state index in [9.17, 15) is 14.4 Å². The number of carbonyl (C=O) groups is 3. The Bertz CT molecular complexity index is 781. The maximum absolute atomic E-state index is 12.0. The largest absolute Gasteiger partial charge is 0.451 e. The van der Waals surface area contributed by atoms with E-state index in [1.807, 2.05) is 12.1 Å². The van der Waals surface area contributed by atoms with Gasteiger partial charge in [-0.25, -0.2) is 4.79 Å². The number of halogens is 1. The van der Waals surface area contributed by atoms with Gasteiger partial charge in [-0.15, -0.1) is 0 Å². The van der Waals surface area contributed by atoms with Crippen molar-refractivity contribution in [2.45, 2.75) is 13.3 Å². The fourth-order valence-electron chi connectivity index (χ4n) is 2.21. The Labute approximate surface area is 150 Å². The minimum atomic E-state index is -0.650. The van der Waals surface area contributed by atoms with E-state index in [4.69, 9.17) is 16.3 Å². The van der Waals surface area contributed by atoms with Crippen molar-refractivity contribution in [2.24, 2.45) is 7.05 Å². The number of ketones is 1. The minimum absolute atomic E-state index is 0.144. The third-order valence-electron chi connectivity index (χ3n) is 3.60. The summed E-state index contributed by atoms with van der Waals surface area (Å²) >= 11 is 5.81. The molecule has 1 aromatic heterocycles. The highest BCUT2D eigenvalue weighted by atomic mass is 35.5. The highest BCUT2D eigenvalue weighted by molar-refractivity contribution is 6.30. The summed E-state index contributed by atoms with van der Waals surface area (Å²) in [6.07, 6.45) is 2.20. The van der Waals surface area contributed by atoms with Crippen LogP contribution in [0.15, 0.2) is 36.5 Å². The van der Waals surface area contributed by atoms with Gasteiger partial charge in [0.15, 0.2) is 12.4 Å². The van der Waals surface area contributed by atoms with Crippen LogP contribution in [0.4, 0.5) is 0 Å². The first-order valence-electron chi connectivity index (χ1n) is 7.72. The van der Waals surface area contributed by atoms with Crippen LogP contribution in [0, 0.1) is 0 Å². The van der Waals surface area contributed by atoms with Gasteiger partial charge < -0.3 is 14.6 Å². The molecule has 6 nitrogen and oxygen atoms in total. The number of amides is 1. The van der Waals surface area contributed by atoms with Crippen molar-refractivity contribution in [1.29, 1.82) is 0 Å². The smallest absolute Gasteiger partial charge is 0.355 e. The quantitative estimate of drug-likeness (QED) is 0.606. The van der Waals surface area contributed by atoms with Gasteiger partial charge in [0.05, 0.1) is 0 Å². The summed E-state index contributed by atoms with van der Waals surface area (Å²) in [5.74, 6) is -1.18. The molecule has 7 heteroatoms. The van der Waals surface area contributed by atoms with Crippen LogP contribution in [0.2, 0.25) is 5.02 Å². The Morgan fingerprint density at radius 1 is 1.20 bits per heavy atom. The fraction of sp³-hybridized carbons (Fsp3) is 0.278. The maximum Gasteiger partial charge on any atom is 0.355 e. The van der Waals surface area contributed by atoms with E-state index in [1.54, 1.807) is 25.4 Å². The molecule has 2 aromatic rings. The van der Waals surface area contributed by atoms with Crippen molar-refractivity contribution in [1.82, 2.24) is 9.88 Å². The van der Waals surface area contributed by atoms with E-state index < -0.39 is 5.97 Å². The second-order valence-corrected chi connectivity index (χ2v) is 6.02.